The molecule has 0 unspecified atom stereocenters. The summed E-state index contributed by atoms with van der Waals surface area (Å²) in [6.07, 6.45) is 0. The van der Waals surface area contributed by atoms with Gasteiger partial charge in [0.05, 0.1) is 17.3 Å². The second kappa shape index (κ2) is 8.95. The van der Waals surface area contributed by atoms with E-state index < -0.39 is 10.2 Å². The summed E-state index contributed by atoms with van der Waals surface area (Å²) in [5, 5.41) is 3.27. The molecule has 1 fully saturated rings. The summed E-state index contributed by atoms with van der Waals surface area (Å²) >= 11 is 6.03. The predicted octanol–water partition coefficient (Wildman–Crippen LogP) is 1.48. The molecule has 140 valence electrons. The largest absolute Gasteiger partial charge is 0.324 e. The SMILES string of the molecule is CCN(CC)S(=O)(=O)N1CCN(CC(=O)Nc2ccccc2Cl)CC1. The number of amides is 1. The second-order valence-corrected chi connectivity index (χ2v) is 8.13. The van der Waals surface area contributed by atoms with Crippen molar-refractivity contribution in [3.8, 4) is 0 Å². The number of nitrogens with zero attached hydrogens (tertiary/aromatic N) is 3. The Morgan fingerprint density at radius 2 is 1.76 bits per heavy atom. The van der Waals surface area contributed by atoms with E-state index in [1.54, 1.807) is 24.3 Å². The molecule has 0 radical (unpaired) electrons. The maximum absolute atomic E-state index is 12.5. The summed E-state index contributed by atoms with van der Waals surface area (Å²) < 4.78 is 27.9. The van der Waals surface area contributed by atoms with Gasteiger partial charge in [-0.3, -0.25) is 9.69 Å². The molecular formula is C16H25ClN4O3S. The molecule has 0 saturated carbocycles. The maximum atomic E-state index is 12.5. The second-order valence-electron chi connectivity index (χ2n) is 5.80. The van der Waals surface area contributed by atoms with E-state index >= 15 is 0 Å². The van der Waals surface area contributed by atoms with Gasteiger partial charge in [0.25, 0.3) is 10.2 Å². The molecule has 9 heteroatoms. The van der Waals surface area contributed by atoms with Gasteiger partial charge in [0, 0.05) is 39.3 Å². The fourth-order valence-corrected chi connectivity index (χ4v) is 4.57. The fraction of sp³-hybridized carbons (Fsp3) is 0.562. The van der Waals surface area contributed by atoms with Crippen molar-refractivity contribution in [1.82, 2.24) is 13.5 Å². The van der Waals surface area contributed by atoms with Gasteiger partial charge in [0.15, 0.2) is 0 Å². The standard InChI is InChI=1S/C16H25ClN4O3S/c1-3-20(4-2)25(23,24)21-11-9-19(10-12-21)13-16(22)18-15-8-6-5-7-14(15)17/h5-8H,3-4,9-13H2,1-2H3,(H,18,22). The van der Waals surface area contributed by atoms with Crippen LogP contribution in [0.2, 0.25) is 5.02 Å². The van der Waals surface area contributed by atoms with Crippen LogP contribution in [-0.2, 0) is 15.0 Å². The van der Waals surface area contributed by atoms with Gasteiger partial charge in [0.2, 0.25) is 5.91 Å². The smallest absolute Gasteiger partial charge is 0.282 e. The third-order valence-electron chi connectivity index (χ3n) is 4.20. The summed E-state index contributed by atoms with van der Waals surface area (Å²) in [7, 11) is -3.41. The first-order valence-corrected chi connectivity index (χ1v) is 10.2. The number of rotatable bonds is 7. The van der Waals surface area contributed by atoms with E-state index in [1.807, 2.05) is 18.7 Å². The number of nitrogens with one attached hydrogen (secondary N) is 1. The monoisotopic (exact) mass is 388 g/mol. The number of benzene rings is 1. The Kier molecular flexibility index (Phi) is 7.21. The predicted molar refractivity (Wildman–Crippen MR) is 99.9 cm³/mol. The summed E-state index contributed by atoms with van der Waals surface area (Å²) in [5.74, 6) is -0.159. The molecule has 1 aliphatic rings. The number of hydrogen-bond acceptors (Lipinski definition) is 4. The van der Waals surface area contributed by atoms with Crippen LogP contribution < -0.4 is 5.32 Å². The van der Waals surface area contributed by atoms with Gasteiger partial charge >= 0.3 is 0 Å². The molecule has 1 heterocycles. The zero-order valence-corrected chi connectivity index (χ0v) is 16.2. The number of carbonyl (C=O) groups excluding carboxylic acids is 1. The third kappa shape index (κ3) is 5.15. The molecule has 25 heavy (non-hydrogen) atoms. The molecule has 1 aliphatic heterocycles. The van der Waals surface area contributed by atoms with Crippen molar-refractivity contribution in [1.29, 1.82) is 0 Å². The average molecular weight is 389 g/mol. The van der Waals surface area contributed by atoms with E-state index in [9.17, 15) is 13.2 Å². The van der Waals surface area contributed by atoms with Crippen molar-refractivity contribution in [3.05, 3.63) is 29.3 Å². The van der Waals surface area contributed by atoms with E-state index in [1.165, 1.54) is 8.61 Å². The molecule has 0 atom stereocenters. The molecule has 1 aromatic carbocycles. The zero-order valence-electron chi connectivity index (χ0n) is 14.6. The highest BCUT2D eigenvalue weighted by Gasteiger charge is 2.31. The van der Waals surface area contributed by atoms with Crippen molar-refractivity contribution in [2.24, 2.45) is 0 Å². The van der Waals surface area contributed by atoms with Crippen LogP contribution in [0.1, 0.15) is 13.8 Å². The van der Waals surface area contributed by atoms with E-state index in [0.29, 0.717) is 50.0 Å². The molecule has 1 aromatic rings. The highest BCUT2D eigenvalue weighted by molar-refractivity contribution is 7.86. The average Bonchev–Trinajstić information content (AvgIpc) is 2.58. The van der Waals surface area contributed by atoms with Crippen LogP contribution in [0.3, 0.4) is 0 Å². The first-order chi connectivity index (χ1) is 11.9. The molecule has 1 N–H and O–H groups in total. The Bertz CT molecular complexity index is 686. The number of carbonyl (C=O) groups is 1. The van der Waals surface area contributed by atoms with Crippen LogP contribution in [0.15, 0.2) is 24.3 Å². The van der Waals surface area contributed by atoms with Crippen LogP contribution >= 0.6 is 11.6 Å². The number of anilines is 1. The summed E-state index contributed by atoms with van der Waals surface area (Å²) in [4.78, 5) is 14.1. The normalized spacial score (nSPS) is 17.0. The van der Waals surface area contributed by atoms with Crippen LogP contribution in [0, 0.1) is 0 Å². The Morgan fingerprint density at radius 1 is 1.16 bits per heavy atom. The van der Waals surface area contributed by atoms with Crippen LogP contribution in [0.4, 0.5) is 5.69 Å². The van der Waals surface area contributed by atoms with E-state index in [-0.39, 0.29) is 12.5 Å². The van der Waals surface area contributed by atoms with Crippen molar-refractivity contribution in [3.63, 3.8) is 0 Å². The van der Waals surface area contributed by atoms with E-state index in [2.05, 4.69) is 5.32 Å². The lowest BCUT2D eigenvalue weighted by atomic mass is 10.3. The topological polar surface area (TPSA) is 73.0 Å². The lowest BCUT2D eigenvalue weighted by molar-refractivity contribution is -0.117. The number of para-hydroxylation sites is 1. The zero-order chi connectivity index (χ0) is 18.4. The molecular weight excluding hydrogens is 364 g/mol. The maximum Gasteiger partial charge on any atom is 0.282 e. The third-order valence-corrected chi connectivity index (χ3v) is 6.72. The van der Waals surface area contributed by atoms with Gasteiger partial charge < -0.3 is 5.32 Å². The number of piperazine rings is 1. The first-order valence-electron chi connectivity index (χ1n) is 8.40. The van der Waals surface area contributed by atoms with Gasteiger partial charge in [0.1, 0.15) is 0 Å². The van der Waals surface area contributed by atoms with Gasteiger partial charge in [-0.1, -0.05) is 37.6 Å². The molecule has 0 spiro atoms. The van der Waals surface area contributed by atoms with Crippen molar-refractivity contribution < 1.29 is 13.2 Å². The molecule has 1 saturated heterocycles. The van der Waals surface area contributed by atoms with Crippen LogP contribution in [0.5, 0.6) is 0 Å². The molecule has 2 rings (SSSR count). The minimum atomic E-state index is -3.41. The summed E-state index contributed by atoms with van der Waals surface area (Å²) in [6, 6.07) is 7.06. The van der Waals surface area contributed by atoms with Crippen LogP contribution in [0.25, 0.3) is 0 Å². The van der Waals surface area contributed by atoms with Crippen molar-refractivity contribution >= 4 is 33.4 Å². The van der Waals surface area contributed by atoms with Gasteiger partial charge in [-0.2, -0.15) is 17.0 Å². The van der Waals surface area contributed by atoms with Gasteiger partial charge in [-0.05, 0) is 12.1 Å². The Hall–Kier alpha value is -1.19. The van der Waals surface area contributed by atoms with Gasteiger partial charge in [-0.15, -0.1) is 0 Å². The van der Waals surface area contributed by atoms with E-state index in [0.717, 1.165) is 0 Å². The fourth-order valence-electron chi connectivity index (χ4n) is 2.79. The lowest BCUT2D eigenvalue weighted by Crippen LogP contribution is -2.54. The number of halogens is 1. The van der Waals surface area contributed by atoms with Gasteiger partial charge in [-0.25, -0.2) is 0 Å². The number of hydrogen-bond donors (Lipinski definition) is 1. The molecule has 0 aromatic heterocycles. The summed E-state index contributed by atoms with van der Waals surface area (Å²) in [6.45, 7) is 6.61. The first kappa shape index (κ1) is 20.1. The molecule has 0 aliphatic carbocycles. The Labute approximate surface area is 154 Å². The lowest BCUT2D eigenvalue weighted by Gasteiger charge is -2.35. The molecule has 1 amide bonds. The molecule has 0 bridgehead atoms. The summed E-state index contributed by atoms with van der Waals surface area (Å²) in [5.41, 5.74) is 0.580. The Balaban J connectivity index is 1.86. The Morgan fingerprint density at radius 3 is 2.32 bits per heavy atom. The van der Waals surface area contributed by atoms with Crippen molar-refractivity contribution in [2.75, 3.05) is 51.1 Å². The van der Waals surface area contributed by atoms with Crippen molar-refractivity contribution in [2.45, 2.75) is 13.8 Å². The minimum Gasteiger partial charge on any atom is -0.324 e. The van der Waals surface area contributed by atoms with Crippen LogP contribution in [-0.4, -0.2) is 73.6 Å². The van der Waals surface area contributed by atoms with E-state index in [4.69, 9.17) is 11.6 Å². The highest BCUT2D eigenvalue weighted by Crippen LogP contribution is 2.20. The molecule has 7 nitrogen and oxygen atoms in total. The quantitative estimate of drug-likeness (QED) is 0.768. The highest BCUT2D eigenvalue weighted by atomic mass is 35.5. The minimum absolute atomic E-state index is 0.159.